The number of hydrogen-bond donors (Lipinski definition) is 0. The molecule has 0 unspecified atom stereocenters. The molecule has 5 nitrogen and oxygen atoms in total. The van der Waals surface area contributed by atoms with Gasteiger partial charge in [0.1, 0.15) is 13.2 Å². The molecule has 1 aliphatic rings. The first-order valence-corrected chi connectivity index (χ1v) is 9.65. The van der Waals surface area contributed by atoms with Crippen LogP contribution in [0.1, 0.15) is 5.56 Å². The Balaban J connectivity index is 1.48. The zero-order valence-corrected chi connectivity index (χ0v) is 16.0. The van der Waals surface area contributed by atoms with E-state index in [1.807, 2.05) is 36.4 Å². The average Bonchev–Trinajstić information content (AvgIpc) is 3.09. The minimum atomic E-state index is 0.490. The largest absolute Gasteiger partial charge is 0.486 e. The number of hydrogen-bond acceptors (Lipinski definition) is 6. The van der Waals surface area contributed by atoms with Gasteiger partial charge < -0.3 is 13.9 Å². The molecule has 0 spiro atoms. The van der Waals surface area contributed by atoms with Crippen LogP contribution in [-0.2, 0) is 5.75 Å². The molecule has 2 heterocycles. The molecule has 0 N–H and O–H groups in total. The van der Waals surface area contributed by atoms with Crippen molar-refractivity contribution in [1.82, 2.24) is 10.2 Å². The molecular formula is C17H12BrClN2O3S. The van der Waals surface area contributed by atoms with Gasteiger partial charge in [0, 0.05) is 15.8 Å². The Bertz CT molecular complexity index is 919. The van der Waals surface area contributed by atoms with Gasteiger partial charge in [0.05, 0.1) is 5.02 Å². The van der Waals surface area contributed by atoms with E-state index in [0.717, 1.165) is 15.6 Å². The Kier molecular flexibility index (Phi) is 4.87. The number of benzene rings is 2. The number of halogens is 2. The second kappa shape index (κ2) is 7.27. The van der Waals surface area contributed by atoms with Gasteiger partial charge >= 0.3 is 0 Å². The topological polar surface area (TPSA) is 57.4 Å². The Morgan fingerprint density at radius 3 is 2.88 bits per heavy atom. The fourth-order valence-corrected chi connectivity index (χ4v) is 3.78. The van der Waals surface area contributed by atoms with Gasteiger partial charge in [-0.25, -0.2) is 0 Å². The van der Waals surface area contributed by atoms with E-state index in [1.54, 1.807) is 0 Å². The Morgan fingerprint density at radius 2 is 2.00 bits per heavy atom. The summed E-state index contributed by atoms with van der Waals surface area (Å²) in [5, 5.41) is 9.24. The third-order valence-electron chi connectivity index (χ3n) is 3.50. The van der Waals surface area contributed by atoms with E-state index >= 15 is 0 Å². The maximum atomic E-state index is 6.26. The second-order valence-electron chi connectivity index (χ2n) is 5.27. The average molecular weight is 440 g/mol. The first-order valence-electron chi connectivity index (χ1n) is 7.49. The predicted molar refractivity (Wildman–Crippen MR) is 99.4 cm³/mol. The lowest BCUT2D eigenvalue weighted by Crippen LogP contribution is -2.15. The van der Waals surface area contributed by atoms with Crippen molar-refractivity contribution in [1.29, 1.82) is 0 Å². The molecule has 4 rings (SSSR count). The van der Waals surface area contributed by atoms with Crippen LogP contribution in [0.15, 0.2) is 50.5 Å². The fraction of sp³-hybridized carbons (Fsp3) is 0.176. The molecule has 1 aliphatic heterocycles. The summed E-state index contributed by atoms with van der Waals surface area (Å²) in [5.74, 6) is 2.41. The molecule has 2 aromatic carbocycles. The van der Waals surface area contributed by atoms with E-state index in [4.69, 9.17) is 25.5 Å². The zero-order chi connectivity index (χ0) is 17.2. The van der Waals surface area contributed by atoms with Crippen LogP contribution in [0, 0.1) is 0 Å². The summed E-state index contributed by atoms with van der Waals surface area (Å²) >= 11 is 11.1. The molecule has 8 heteroatoms. The summed E-state index contributed by atoms with van der Waals surface area (Å²) in [6.45, 7) is 1.04. The lowest BCUT2D eigenvalue weighted by molar-refractivity contribution is 0.171. The normalized spacial score (nSPS) is 13.0. The van der Waals surface area contributed by atoms with Crippen molar-refractivity contribution < 1.29 is 13.9 Å². The molecule has 0 saturated heterocycles. The lowest BCUT2D eigenvalue weighted by Gasteiger charge is -2.20. The number of rotatable bonds is 4. The van der Waals surface area contributed by atoms with Crippen LogP contribution in [0.2, 0.25) is 5.02 Å². The van der Waals surface area contributed by atoms with Gasteiger partial charge in [0.15, 0.2) is 11.5 Å². The first-order chi connectivity index (χ1) is 12.2. The summed E-state index contributed by atoms with van der Waals surface area (Å²) in [4.78, 5) is 0. The van der Waals surface area contributed by atoms with E-state index in [1.165, 1.54) is 11.8 Å². The molecule has 3 aromatic rings. The van der Waals surface area contributed by atoms with Crippen molar-refractivity contribution in [3.05, 3.63) is 51.5 Å². The molecule has 0 aliphatic carbocycles. The molecule has 0 saturated carbocycles. The SMILES string of the molecule is Clc1cc(CSc2nnc(-c3cccc(Br)c3)o2)cc2c1OCCO2. The maximum absolute atomic E-state index is 6.26. The molecule has 0 fully saturated rings. The summed E-state index contributed by atoms with van der Waals surface area (Å²) in [5.41, 5.74) is 1.87. The standard InChI is InChI=1S/C17H12BrClN2O3S/c18-12-3-1-2-11(8-12)16-20-21-17(24-16)25-9-10-6-13(19)15-14(7-10)22-4-5-23-15/h1-3,6-8H,4-5,9H2. The monoisotopic (exact) mass is 438 g/mol. The summed E-state index contributed by atoms with van der Waals surface area (Å²) in [6, 6.07) is 11.5. The zero-order valence-electron chi connectivity index (χ0n) is 12.9. The van der Waals surface area contributed by atoms with Gasteiger partial charge in [0.2, 0.25) is 5.89 Å². The molecule has 0 bridgehead atoms. The van der Waals surface area contributed by atoms with E-state index in [-0.39, 0.29) is 0 Å². The molecule has 0 amide bonds. The highest BCUT2D eigenvalue weighted by atomic mass is 79.9. The smallest absolute Gasteiger partial charge is 0.277 e. The third kappa shape index (κ3) is 3.78. The van der Waals surface area contributed by atoms with Gasteiger partial charge in [0.25, 0.3) is 5.22 Å². The molecule has 128 valence electrons. The van der Waals surface area contributed by atoms with Gasteiger partial charge in [-0.15, -0.1) is 10.2 Å². The molecular weight excluding hydrogens is 428 g/mol. The first kappa shape index (κ1) is 16.8. The maximum Gasteiger partial charge on any atom is 0.277 e. The third-order valence-corrected chi connectivity index (χ3v) is 5.16. The van der Waals surface area contributed by atoms with Crippen LogP contribution in [0.25, 0.3) is 11.5 Å². The van der Waals surface area contributed by atoms with Crippen molar-refractivity contribution in [2.75, 3.05) is 13.2 Å². The fourth-order valence-electron chi connectivity index (χ4n) is 2.40. The van der Waals surface area contributed by atoms with Crippen LogP contribution in [0.3, 0.4) is 0 Å². The molecule has 0 atom stereocenters. The van der Waals surface area contributed by atoms with E-state index in [9.17, 15) is 0 Å². The van der Waals surface area contributed by atoms with Gasteiger partial charge in [-0.05, 0) is 35.9 Å². The summed E-state index contributed by atoms with van der Waals surface area (Å²) < 4.78 is 17.8. The van der Waals surface area contributed by atoms with E-state index in [0.29, 0.717) is 46.6 Å². The number of fused-ring (bicyclic) bond motifs is 1. The quantitative estimate of drug-likeness (QED) is 0.520. The lowest BCUT2D eigenvalue weighted by atomic mass is 10.2. The van der Waals surface area contributed by atoms with Crippen molar-refractivity contribution in [3.63, 3.8) is 0 Å². The molecule has 0 radical (unpaired) electrons. The van der Waals surface area contributed by atoms with Crippen LogP contribution in [0.5, 0.6) is 11.5 Å². The van der Waals surface area contributed by atoms with Crippen LogP contribution in [-0.4, -0.2) is 23.4 Å². The van der Waals surface area contributed by atoms with Crippen LogP contribution >= 0.6 is 39.3 Å². The minimum absolute atomic E-state index is 0.490. The molecule has 1 aromatic heterocycles. The highest BCUT2D eigenvalue weighted by Gasteiger charge is 2.17. The van der Waals surface area contributed by atoms with E-state index in [2.05, 4.69) is 26.1 Å². The molecule has 25 heavy (non-hydrogen) atoms. The number of thioether (sulfide) groups is 1. The van der Waals surface area contributed by atoms with E-state index < -0.39 is 0 Å². The van der Waals surface area contributed by atoms with Crippen LogP contribution < -0.4 is 9.47 Å². The van der Waals surface area contributed by atoms with Crippen molar-refractivity contribution in [2.45, 2.75) is 11.0 Å². The van der Waals surface area contributed by atoms with Crippen molar-refractivity contribution >= 4 is 39.3 Å². The highest BCUT2D eigenvalue weighted by molar-refractivity contribution is 9.10. The summed E-state index contributed by atoms with van der Waals surface area (Å²) in [7, 11) is 0. The Hall–Kier alpha value is -1.70. The Morgan fingerprint density at radius 1 is 1.12 bits per heavy atom. The summed E-state index contributed by atoms with van der Waals surface area (Å²) in [6.07, 6.45) is 0. The van der Waals surface area contributed by atoms with Gasteiger partial charge in [-0.1, -0.05) is 45.4 Å². The number of aromatic nitrogens is 2. The van der Waals surface area contributed by atoms with Crippen molar-refractivity contribution in [3.8, 4) is 23.0 Å². The highest BCUT2D eigenvalue weighted by Crippen LogP contribution is 2.39. The van der Waals surface area contributed by atoms with Crippen LogP contribution in [0.4, 0.5) is 0 Å². The van der Waals surface area contributed by atoms with Crippen molar-refractivity contribution in [2.24, 2.45) is 0 Å². The second-order valence-corrected chi connectivity index (χ2v) is 7.52. The number of ether oxygens (including phenoxy) is 2. The number of nitrogens with zero attached hydrogens (tertiary/aromatic N) is 2. The predicted octanol–water partition coefficient (Wildman–Crippen LogP) is 5.22. The van der Waals surface area contributed by atoms with Gasteiger partial charge in [-0.3, -0.25) is 0 Å². The van der Waals surface area contributed by atoms with Gasteiger partial charge in [-0.2, -0.15) is 0 Å². The Labute approximate surface area is 161 Å². The minimum Gasteiger partial charge on any atom is -0.486 e.